The number of carbonyl (C=O) groups excluding carboxylic acids is 2. The SMILES string of the molecule is CC(C)(C)OC(=O)[C@H](O)[C@H]1OCCN(c2ccc3cccnc3c2)C1=O. The molecule has 1 aromatic carbocycles. The molecular formula is C19H22N2O5. The van der Waals surface area contributed by atoms with Crippen LogP contribution in [0.25, 0.3) is 10.9 Å². The van der Waals surface area contributed by atoms with Crippen LogP contribution in [0.1, 0.15) is 20.8 Å². The molecule has 0 bridgehead atoms. The van der Waals surface area contributed by atoms with Crippen molar-refractivity contribution in [3.8, 4) is 0 Å². The largest absolute Gasteiger partial charge is 0.458 e. The van der Waals surface area contributed by atoms with E-state index in [1.165, 1.54) is 4.90 Å². The Morgan fingerprint density at radius 2 is 2.15 bits per heavy atom. The van der Waals surface area contributed by atoms with Crippen LogP contribution in [0.3, 0.4) is 0 Å². The van der Waals surface area contributed by atoms with Crippen molar-refractivity contribution >= 4 is 28.5 Å². The first-order valence-corrected chi connectivity index (χ1v) is 8.45. The van der Waals surface area contributed by atoms with Crippen LogP contribution in [-0.4, -0.2) is 52.9 Å². The number of morpholine rings is 1. The van der Waals surface area contributed by atoms with Crippen LogP contribution in [0.5, 0.6) is 0 Å². The van der Waals surface area contributed by atoms with Crippen molar-refractivity contribution in [3.05, 3.63) is 36.5 Å². The van der Waals surface area contributed by atoms with Crippen molar-refractivity contribution in [2.75, 3.05) is 18.1 Å². The highest BCUT2D eigenvalue weighted by Crippen LogP contribution is 2.24. The Bertz CT molecular complexity index is 830. The first kappa shape index (κ1) is 18.3. The molecule has 7 nitrogen and oxygen atoms in total. The summed E-state index contributed by atoms with van der Waals surface area (Å²) in [5.74, 6) is -1.36. The molecule has 1 fully saturated rings. The molecule has 2 heterocycles. The van der Waals surface area contributed by atoms with Crippen molar-refractivity contribution in [2.45, 2.75) is 38.6 Å². The third-order valence-electron chi connectivity index (χ3n) is 3.96. The van der Waals surface area contributed by atoms with Crippen LogP contribution in [0.2, 0.25) is 0 Å². The normalized spacial score (nSPS) is 19.5. The summed E-state index contributed by atoms with van der Waals surface area (Å²) >= 11 is 0. The number of anilines is 1. The highest BCUT2D eigenvalue weighted by molar-refractivity contribution is 6.01. The van der Waals surface area contributed by atoms with E-state index in [1.807, 2.05) is 24.3 Å². The molecule has 26 heavy (non-hydrogen) atoms. The van der Waals surface area contributed by atoms with Crippen LogP contribution in [0, 0.1) is 0 Å². The standard InChI is InChI=1S/C19H22N2O5/c1-19(2,3)26-18(24)15(22)16-17(23)21(9-10-25-16)13-7-6-12-5-4-8-20-14(12)11-13/h4-8,11,15-16,22H,9-10H2,1-3H3/t15-,16-/m1/s1. The minimum atomic E-state index is -1.68. The van der Waals surface area contributed by atoms with Crippen molar-refractivity contribution in [1.29, 1.82) is 0 Å². The Labute approximate surface area is 151 Å². The number of esters is 1. The van der Waals surface area contributed by atoms with Gasteiger partial charge in [-0.05, 0) is 39.0 Å². The fourth-order valence-corrected chi connectivity index (χ4v) is 2.80. The van der Waals surface area contributed by atoms with E-state index in [0.717, 1.165) is 10.9 Å². The average molecular weight is 358 g/mol. The highest BCUT2D eigenvalue weighted by Gasteiger charge is 2.41. The van der Waals surface area contributed by atoms with Gasteiger partial charge in [-0.2, -0.15) is 0 Å². The molecule has 1 amide bonds. The molecule has 3 rings (SSSR count). The molecule has 1 N–H and O–H groups in total. The second-order valence-electron chi connectivity index (χ2n) is 7.14. The Balaban J connectivity index is 1.81. The Kier molecular flexibility index (Phi) is 4.93. The topological polar surface area (TPSA) is 89.0 Å². The maximum atomic E-state index is 12.8. The van der Waals surface area contributed by atoms with Gasteiger partial charge in [-0.3, -0.25) is 9.78 Å². The van der Waals surface area contributed by atoms with Gasteiger partial charge in [0.25, 0.3) is 5.91 Å². The summed E-state index contributed by atoms with van der Waals surface area (Å²) in [5.41, 5.74) is 0.638. The number of fused-ring (bicyclic) bond motifs is 1. The second kappa shape index (κ2) is 7.01. The summed E-state index contributed by atoms with van der Waals surface area (Å²) in [7, 11) is 0. The van der Waals surface area contributed by atoms with Gasteiger partial charge in [0.1, 0.15) is 5.60 Å². The maximum absolute atomic E-state index is 12.8. The summed E-state index contributed by atoms with van der Waals surface area (Å²) in [6.07, 6.45) is -1.29. The first-order valence-electron chi connectivity index (χ1n) is 8.45. The van der Waals surface area contributed by atoms with Gasteiger partial charge in [0, 0.05) is 23.8 Å². The molecule has 1 aromatic heterocycles. The highest BCUT2D eigenvalue weighted by atomic mass is 16.6. The minimum absolute atomic E-state index is 0.205. The Hall–Kier alpha value is -2.51. The van der Waals surface area contributed by atoms with E-state index in [9.17, 15) is 14.7 Å². The monoisotopic (exact) mass is 358 g/mol. The Morgan fingerprint density at radius 3 is 2.88 bits per heavy atom. The van der Waals surface area contributed by atoms with E-state index >= 15 is 0 Å². The molecule has 0 unspecified atom stereocenters. The molecule has 0 aliphatic carbocycles. The second-order valence-corrected chi connectivity index (χ2v) is 7.14. The van der Waals surface area contributed by atoms with E-state index in [4.69, 9.17) is 9.47 Å². The van der Waals surface area contributed by atoms with Gasteiger partial charge >= 0.3 is 5.97 Å². The Morgan fingerprint density at radius 1 is 1.38 bits per heavy atom. The lowest BCUT2D eigenvalue weighted by Gasteiger charge is -2.34. The number of aromatic nitrogens is 1. The molecule has 0 radical (unpaired) electrons. The van der Waals surface area contributed by atoms with Crippen molar-refractivity contribution in [1.82, 2.24) is 4.98 Å². The lowest BCUT2D eigenvalue weighted by molar-refractivity contribution is -0.177. The summed E-state index contributed by atoms with van der Waals surface area (Å²) < 4.78 is 10.5. The summed E-state index contributed by atoms with van der Waals surface area (Å²) in [4.78, 5) is 30.7. The minimum Gasteiger partial charge on any atom is -0.458 e. The number of pyridine rings is 1. The number of nitrogens with zero attached hydrogens (tertiary/aromatic N) is 2. The number of aliphatic hydroxyl groups excluding tert-OH is 1. The van der Waals surface area contributed by atoms with Gasteiger partial charge in [-0.1, -0.05) is 12.1 Å². The summed E-state index contributed by atoms with van der Waals surface area (Å²) in [5, 5.41) is 11.2. The van der Waals surface area contributed by atoms with Crippen molar-refractivity contribution in [3.63, 3.8) is 0 Å². The van der Waals surface area contributed by atoms with Crippen molar-refractivity contribution < 1.29 is 24.2 Å². The quantitative estimate of drug-likeness (QED) is 0.840. The van der Waals surface area contributed by atoms with E-state index in [-0.39, 0.29) is 6.61 Å². The van der Waals surface area contributed by atoms with Crippen LogP contribution in [0.4, 0.5) is 5.69 Å². The van der Waals surface area contributed by atoms with Crippen LogP contribution in [0.15, 0.2) is 36.5 Å². The van der Waals surface area contributed by atoms with Crippen LogP contribution in [-0.2, 0) is 19.1 Å². The van der Waals surface area contributed by atoms with Gasteiger partial charge in [-0.15, -0.1) is 0 Å². The molecule has 0 spiro atoms. The predicted octanol–water partition coefficient (Wildman–Crippen LogP) is 1.67. The number of aliphatic hydroxyl groups is 1. The van der Waals surface area contributed by atoms with Gasteiger partial charge in [0.15, 0.2) is 12.2 Å². The number of carbonyl (C=O) groups is 2. The molecule has 2 aromatic rings. The molecule has 1 aliphatic heterocycles. The number of ether oxygens (including phenoxy) is 2. The molecule has 1 saturated heterocycles. The van der Waals surface area contributed by atoms with Crippen molar-refractivity contribution in [2.24, 2.45) is 0 Å². The number of hydrogen-bond donors (Lipinski definition) is 1. The summed E-state index contributed by atoms with van der Waals surface area (Å²) in [6, 6.07) is 9.26. The fourth-order valence-electron chi connectivity index (χ4n) is 2.80. The molecule has 0 saturated carbocycles. The smallest absolute Gasteiger partial charge is 0.338 e. The molecular weight excluding hydrogens is 336 g/mol. The zero-order valence-electron chi connectivity index (χ0n) is 15.0. The fraction of sp³-hybridized carbons (Fsp3) is 0.421. The third kappa shape index (κ3) is 3.84. The number of amides is 1. The lowest BCUT2D eigenvalue weighted by Crippen LogP contribution is -2.55. The first-order chi connectivity index (χ1) is 12.3. The average Bonchev–Trinajstić information content (AvgIpc) is 2.59. The lowest BCUT2D eigenvalue weighted by atomic mass is 10.1. The van der Waals surface area contributed by atoms with E-state index in [2.05, 4.69) is 4.98 Å². The van der Waals surface area contributed by atoms with Crippen LogP contribution >= 0.6 is 0 Å². The van der Waals surface area contributed by atoms with Gasteiger partial charge in [-0.25, -0.2) is 4.79 Å². The van der Waals surface area contributed by atoms with Gasteiger partial charge in [0.2, 0.25) is 0 Å². The predicted molar refractivity (Wildman–Crippen MR) is 95.7 cm³/mol. The molecule has 7 heteroatoms. The zero-order valence-corrected chi connectivity index (χ0v) is 15.0. The number of hydrogen-bond acceptors (Lipinski definition) is 6. The van der Waals surface area contributed by atoms with E-state index < -0.39 is 29.7 Å². The molecule has 138 valence electrons. The van der Waals surface area contributed by atoms with Gasteiger partial charge < -0.3 is 19.5 Å². The number of rotatable bonds is 3. The van der Waals surface area contributed by atoms with E-state index in [0.29, 0.717) is 12.2 Å². The number of benzene rings is 1. The maximum Gasteiger partial charge on any atom is 0.338 e. The zero-order chi connectivity index (χ0) is 18.9. The van der Waals surface area contributed by atoms with Crippen LogP contribution < -0.4 is 4.90 Å². The molecule has 1 aliphatic rings. The molecule has 2 atom stereocenters. The van der Waals surface area contributed by atoms with E-state index in [1.54, 1.807) is 33.0 Å². The van der Waals surface area contributed by atoms with Gasteiger partial charge in [0.05, 0.1) is 12.1 Å². The summed E-state index contributed by atoms with van der Waals surface area (Å²) in [6.45, 7) is 5.60. The third-order valence-corrected chi connectivity index (χ3v) is 3.96.